The molecule has 1 fully saturated rings. The fraction of sp³-hybridized carbons (Fsp3) is 0.350. The van der Waals surface area contributed by atoms with Gasteiger partial charge in [0.05, 0.1) is 5.02 Å². The van der Waals surface area contributed by atoms with Crippen LogP contribution in [0.5, 0.6) is 17.2 Å². The number of amides is 1. The maximum atomic E-state index is 12.9. The third kappa shape index (κ3) is 3.31. The van der Waals surface area contributed by atoms with E-state index >= 15 is 0 Å². The van der Waals surface area contributed by atoms with E-state index in [4.69, 9.17) is 21.1 Å². The zero-order chi connectivity index (χ0) is 18.1. The highest BCUT2D eigenvalue weighted by Gasteiger charge is 2.26. The predicted molar refractivity (Wildman–Crippen MR) is 98.4 cm³/mol. The Bertz CT molecular complexity index is 813. The predicted octanol–water partition coefficient (Wildman–Crippen LogP) is 3.84. The Kier molecular flexibility index (Phi) is 4.64. The molecule has 4 rings (SSSR count). The Balaban J connectivity index is 1.45. The fourth-order valence-electron chi connectivity index (χ4n) is 3.58. The molecule has 5 nitrogen and oxygen atoms in total. The quantitative estimate of drug-likeness (QED) is 0.869. The number of carbonyl (C=O) groups is 1. The normalized spacial score (nSPS) is 17.2. The minimum absolute atomic E-state index is 0.0342. The number of aromatic hydroxyl groups is 1. The summed E-state index contributed by atoms with van der Waals surface area (Å²) in [5.74, 6) is 1.69. The SMILES string of the molecule is O=C(c1cc(Cl)c2c(c1)OCCO2)N1CCC(c2ccc(O)cc2)CC1. The molecule has 2 aliphatic rings. The zero-order valence-electron chi connectivity index (χ0n) is 14.3. The Morgan fingerprint density at radius 2 is 1.77 bits per heavy atom. The topological polar surface area (TPSA) is 59.0 Å². The Morgan fingerprint density at radius 3 is 2.50 bits per heavy atom. The molecule has 0 atom stereocenters. The average molecular weight is 374 g/mol. The standard InChI is InChI=1S/C20H20ClNO4/c21-17-11-15(12-18-19(17)26-10-9-25-18)20(24)22-7-5-14(6-8-22)13-1-3-16(23)4-2-13/h1-4,11-12,14,23H,5-10H2. The summed E-state index contributed by atoms with van der Waals surface area (Å²) in [5.41, 5.74) is 1.74. The van der Waals surface area contributed by atoms with E-state index in [9.17, 15) is 9.90 Å². The van der Waals surface area contributed by atoms with Gasteiger partial charge < -0.3 is 19.5 Å². The molecule has 2 aromatic rings. The number of nitrogens with zero attached hydrogens (tertiary/aromatic N) is 1. The van der Waals surface area contributed by atoms with Gasteiger partial charge in [0.1, 0.15) is 19.0 Å². The lowest BCUT2D eigenvalue weighted by Crippen LogP contribution is -2.38. The molecule has 0 unspecified atom stereocenters. The molecule has 26 heavy (non-hydrogen) atoms. The molecule has 0 spiro atoms. The molecule has 1 saturated heterocycles. The van der Waals surface area contributed by atoms with Crippen LogP contribution >= 0.6 is 11.6 Å². The molecule has 2 aromatic carbocycles. The van der Waals surface area contributed by atoms with E-state index in [0.717, 1.165) is 12.8 Å². The van der Waals surface area contributed by atoms with Gasteiger partial charge in [-0.1, -0.05) is 23.7 Å². The third-order valence-electron chi connectivity index (χ3n) is 4.99. The molecule has 0 aliphatic carbocycles. The smallest absolute Gasteiger partial charge is 0.254 e. The maximum absolute atomic E-state index is 12.9. The molecular weight excluding hydrogens is 354 g/mol. The highest BCUT2D eigenvalue weighted by molar-refractivity contribution is 6.32. The Morgan fingerprint density at radius 1 is 1.08 bits per heavy atom. The number of carbonyl (C=O) groups excluding carboxylic acids is 1. The number of halogens is 1. The first kappa shape index (κ1) is 17.0. The highest BCUT2D eigenvalue weighted by atomic mass is 35.5. The number of phenols is 1. The second kappa shape index (κ2) is 7.08. The number of fused-ring (bicyclic) bond motifs is 1. The summed E-state index contributed by atoms with van der Waals surface area (Å²) in [6, 6.07) is 10.7. The van der Waals surface area contributed by atoms with Crippen LogP contribution in [-0.2, 0) is 0 Å². The van der Waals surface area contributed by atoms with Gasteiger partial charge in [-0.3, -0.25) is 4.79 Å². The van der Waals surface area contributed by atoms with Gasteiger partial charge >= 0.3 is 0 Å². The summed E-state index contributed by atoms with van der Waals surface area (Å²) in [6.45, 7) is 2.30. The fourth-order valence-corrected chi connectivity index (χ4v) is 3.84. The molecule has 2 aliphatic heterocycles. The van der Waals surface area contributed by atoms with E-state index < -0.39 is 0 Å². The summed E-state index contributed by atoms with van der Waals surface area (Å²) < 4.78 is 11.1. The van der Waals surface area contributed by atoms with Gasteiger partial charge in [0.25, 0.3) is 5.91 Å². The number of likely N-dealkylation sites (tertiary alicyclic amines) is 1. The Hall–Kier alpha value is -2.40. The van der Waals surface area contributed by atoms with Gasteiger partial charge in [0.2, 0.25) is 0 Å². The zero-order valence-corrected chi connectivity index (χ0v) is 15.0. The average Bonchev–Trinajstić information content (AvgIpc) is 2.68. The van der Waals surface area contributed by atoms with E-state index in [2.05, 4.69) is 0 Å². The van der Waals surface area contributed by atoms with Gasteiger partial charge in [-0.15, -0.1) is 0 Å². The van der Waals surface area contributed by atoms with Crippen LogP contribution in [0.2, 0.25) is 5.02 Å². The summed E-state index contributed by atoms with van der Waals surface area (Å²) >= 11 is 6.25. The monoisotopic (exact) mass is 373 g/mol. The van der Waals surface area contributed by atoms with Crippen LogP contribution in [0, 0.1) is 0 Å². The molecule has 0 saturated carbocycles. The van der Waals surface area contributed by atoms with Crippen LogP contribution in [0.1, 0.15) is 34.7 Å². The second-order valence-corrected chi connectivity index (χ2v) is 7.05. The van der Waals surface area contributed by atoms with Crippen molar-refractivity contribution >= 4 is 17.5 Å². The second-order valence-electron chi connectivity index (χ2n) is 6.64. The van der Waals surface area contributed by atoms with Crippen molar-refractivity contribution in [1.29, 1.82) is 0 Å². The van der Waals surface area contributed by atoms with E-state index in [-0.39, 0.29) is 11.7 Å². The lowest BCUT2D eigenvalue weighted by Gasteiger charge is -2.32. The van der Waals surface area contributed by atoms with Gasteiger partial charge in [0, 0.05) is 18.7 Å². The summed E-state index contributed by atoms with van der Waals surface area (Å²) in [4.78, 5) is 14.7. The molecule has 136 valence electrons. The summed E-state index contributed by atoms with van der Waals surface area (Å²) in [5, 5.41) is 9.83. The van der Waals surface area contributed by atoms with Gasteiger partial charge in [0.15, 0.2) is 11.5 Å². The van der Waals surface area contributed by atoms with Crippen LogP contribution < -0.4 is 9.47 Å². The first-order chi connectivity index (χ1) is 12.6. The van der Waals surface area contributed by atoms with E-state index in [0.29, 0.717) is 54.3 Å². The largest absolute Gasteiger partial charge is 0.508 e. The van der Waals surface area contributed by atoms with E-state index in [1.807, 2.05) is 17.0 Å². The minimum atomic E-state index is -0.0342. The van der Waals surface area contributed by atoms with Crippen molar-refractivity contribution in [2.75, 3.05) is 26.3 Å². The van der Waals surface area contributed by atoms with E-state index in [1.165, 1.54) is 5.56 Å². The van der Waals surface area contributed by atoms with Crippen LogP contribution in [0.4, 0.5) is 0 Å². The third-order valence-corrected chi connectivity index (χ3v) is 5.27. The van der Waals surface area contributed by atoms with Gasteiger partial charge in [-0.25, -0.2) is 0 Å². The summed E-state index contributed by atoms with van der Waals surface area (Å²) in [6.07, 6.45) is 1.80. The van der Waals surface area contributed by atoms with Crippen molar-refractivity contribution in [1.82, 2.24) is 4.90 Å². The maximum Gasteiger partial charge on any atom is 0.254 e. The minimum Gasteiger partial charge on any atom is -0.508 e. The van der Waals surface area contributed by atoms with Crippen molar-refractivity contribution in [2.45, 2.75) is 18.8 Å². The van der Waals surface area contributed by atoms with Crippen molar-refractivity contribution in [2.24, 2.45) is 0 Å². The van der Waals surface area contributed by atoms with Crippen LogP contribution in [-0.4, -0.2) is 42.2 Å². The first-order valence-electron chi connectivity index (χ1n) is 8.79. The first-order valence-corrected chi connectivity index (χ1v) is 9.17. The van der Waals surface area contributed by atoms with Gasteiger partial charge in [-0.05, 0) is 48.6 Å². The Labute approximate surface area is 157 Å². The number of piperidine rings is 1. The molecule has 0 radical (unpaired) electrons. The number of rotatable bonds is 2. The van der Waals surface area contributed by atoms with E-state index in [1.54, 1.807) is 24.3 Å². The molecule has 1 N–H and O–H groups in total. The highest BCUT2D eigenvalue weighted by Crippen LogP contribution is 2.39. The summed E-state index contributed by atoms with van der Waals surface area (Å²) in [7, 11) is 0. The van der Waals surface area contributed by atoms with Crippen molar-refractivity contribution in [3.63, 3.8) is 0 Å². The van der Waals surface area contributed by atoms with Crippen LogP contribution in [0.15, 0.2) is 36.4 Å². The number of phenolic OH excluding ortho intramolecular Hbond substituents is 1. The van der Waals surface area contributed by atoms with Crippen molar-refractivity contribution < 1.29 is 19.4 Å². The van der Waals surface area contributed by atoms with Gasteiger partial charge in [-0.2, -0.15) is 0 Å². The lowest BCUT2D eigenvalue weighted by atomic mass is 9.89. The van der Waals surface area contributed by atoms with Crippen LogP contribution in [0.25, 0.3) is 0 Å². The van der Waals surface area contributed by atoms with Crippen molar-refractivity contribution in [3.8, 4) is 17.2 Å². The molecule has 1 amide bonds. The number of ether oxygens (including phenoxy) is 2. The molecule has 2 heterocycles. The number of hydrogen-bond acceptors (Lipinski definition) is 4. The lowest BCUT2D eigenvalue weighted by molar-refractivity contribution is 0.0712. The number of benzene rings is 2. The molecule has 0 aromatic heterocycles. The molecular formula is C20H20ClNO4. The van der Waals surface area contributed by atoms with Crippen molar-refractivity contribution in [3.05, 3.63) is 52.5 Å². The molecule has 0 bridgehead atoms. The van der Waals surface area contributed by atoms with Crippen LogP contribution in [0.3, 0.4) is 0 Å². The number of hydrogen-bond donors (Lipinski definition) is 1. The molecule has 6 heteroatoms.